The highest BCUT2D eigenvalue weighted by molar-refractivity contribution is 9.09. The zero-order valence-corrected chi connectivity index (χ0v) is 13.3. The van der Waals surface area contributed by atoms with E-state index in [1.807, 2.05) is 0 Å². The molecule has 14 heteroatoms. The highest BCUT2D eigenvalue weighted by Gasteiger charge is 2.31. The van der Waals surface area contributed by atoms with Gasteiger partial charge in [-0.2, -0.15) is 5.10 Å². The highest BCUT2D eigenvalue weighted by atomic mass is 79.9. The summed E-state index contributed by atoms with van der Waals surface area (Å²) in [6.07, 6.45) is 0. The second-order valence-electron chi connectivity index (χ2n) is 3.94. The zero-order valence-electron chi connectivity index (χ0n) is 11.7. The molecule has 0 heterocycles. The number of hydrogen-bond donors (Lipinski definition) is 1. The molecule has 0 spiro atoms. The van der Waals surface area contributed by atoms with E-state index in [0.29, 0.717) is 6.07 Å². The number of non-ortho nitro benzene ring substituents is 1. The average molecular weight is 406 g/mol. The van der Waals surface area contributed by atoms with Gasteiger partial charge in [0.15, 0.2) is 0 Å². The van der Waals surface area contributed by atoms with Crippen molar-refractivity contribution in [3.63, 3.8) is 0 Å². The molecule has 0 aliphatic rings. The van der Waals surface area contributed by atoms with E-state index in [-0.39, 0.29) is 5.69 Å². The Morgan fingerprint density at radius 1 is 1.25 bits per heavy atom. The van der Waals surface area contributed by atoms with Crippen LogP contribution in [0.5, 0.6) is 0 Å². The molecule has 0 saturated carbocycles. The number of esters is 1. The summed E-state index contributed by atoms with van der Waals surface area (Å²) < 4.78 is 4.33. The standard InChI is InChI=1S/C10H8BrN5O8/c1-24-10(17)8(9(11)16(22)23)13-12-6-3-2-5(14(18)19)4-7(6)15(20)21/h2-4,9,12H,1H3. The van der Waals surface area contributed by atoms with Crippen LogP contribution in [0.1, 0.15) is 0 Å². The molecule has 1 rings (SSSR count). The van der Waals surface area contributed by atoms with Crippen LogP contribution in [0.25, 0.3) is 0 Å². The number of carbonyl (C=O) groups is 1. The Morgan fingerprint density at radius 2 is 1.88 bits per heavy atom. The lowest BCUT2D eigenvalue weighted by atomic mass is 10.2. The van der Waals surface area contributed by atoms with Crippen LogP contribution in [0.4, 0.5) is 17.1 Å². The first-order chi connectivity index (χ1) is 11.2. The van der Waals surface area contributed by atoms with Crippen molar-refractivity contribution in [1.82, 2.24) is 0 Å². The minimum absolute atomic E-state index is 0.310. The van der Waals surface area contributed by atoms with Crippen LogP contribution in [0.2, 0.25) is 0 Å². The summed E-state index contributed by atoms with van der Waals surface area (Å²) in [4.78, 5) is 39.5. The predicted molar refractivity (Wildman–Crippen MR) is 82.5 cm³/mol. The molecule has 24 heavy (non-hydrogen) atoms. The third kappa shape index (κ3) is 4.42. The minimum Gasteiger partial charge on any atom is -0.464 e. The fraction of sp³-hybridized carbons (Fsp3) is 0.200. The maximum absolute atomic E-state index is 11.5. The normalized spacial score (nSPS) is 12.2. The van der Waals surface area contributed by atoms with Crippen molar-refractivity contribution in [2.24, 2.45) is 5.10 Å². The molecule has 0 amide bonds. The molecule has 1 N–H and O–H groups in total. The topological polar surface area (TPSA) is 180 Å². The molecule has 0 aliphatic heterocycles. The maximum Gasteiger partial charge on any atom is 0.362 e. The minimum atomic E-state index is -1.73. The Balaban J connectivity index is 3.26. The van der Waals surface area contributed by atoms with Crippen molar-refractivity contribution in [2.75, 3.05) is 12.5 Å². The second kappa shape index (κ2) is 7.91. The number of carbonyl (C=O) groups excluding carboxylic acids is 1. The molecule has 13 nitrogen and oxygen atoms in total. The molecule has 1 aromatic rings. The van der Waals surface area contributed by atoms with Gasteiger partial charge in [-0.1, -0.05) is 0 Å². The van der Waals surface area contributed by atoms with E-state index < -0.39 is 42.8 Å². The summed E-state index contributed by atoms with van der Waals surface area (Å²) in [6.45, 7) is 0. The number of alkyl halides is 1. The number of halogens is 1. The highest BCUT2D eigenvalue weighted by Crippen LogP contribution is 2.29. The molecular formula is C10H8BrN5O8. The van der Waals surface area contributed by atoms with Gasteiger partial charge in [-0.15, -0.1) is 0 Å². The summed E-state index contributed by atoms with van der Waals surface area (Å²) in [6, 6.07) is 2.61. The Labute approximate surface area is 140 Å². The summed E-state index contributed by atoms with van der Waals surface area (Å²) in [5.41, 5.74) is -0.161. The Bertz CT molecular complexity index is 736. The number of methoxy groups -OCH3 is 1. The van der Waals surface area contributed by atoms with Crippen LogP contribution in [0, 0.1) is 30.3 Å². The number of hydrogen-bond acceptors (Lipinski definition) is 10. The molecular weight excluding hydrogens is 398 g/mol. The maximum atomic E-state index is 11.5. The largest absolute Gasteiger partial charge is 0.464 e. The Morgan fingerprint density at radius 3 is 2.33 bits per heavy atom. The lowest BCUT2D eigenvalue weighted by molar-refractivity contribution is -0.474. The first-order valence-corrected chi connectivity index (χ1v) is 6.73. The first-order valence-electron chi connectivity index (χ1n) is 5.81. The van der Waals surface area contributed by atoms with Crippen LogP contribution in [0.3, 0.4) is 0 Å². The van der Waals surface area contributed by atoms with Gasteiger partial charge >= 0.3 is 16.6 Å². The van der Waals surface area contributed by atoms with Crippen molar-refractivity contribution in [2.45, 2.75) is 4.95 Å². The van der Waals surface area contributed by atoms with Gasteiger partial charge in [-0.3, -0.25) is 35.8 Å². The van der Waals surface area contributed by atoms with Gasteiger partial charge in [0, 0.05) is 26.9 Å². The lowest BCUT2D eigenvalue weighted by Gasteiger charge is -2.06. The zero-order chi connectivity index (χ0) is 18.4. The fourth-order valence-corrected chi connectivity index (χ4v) is 1.69. The monoisotopic (exact) mass is 405 g/mol. The van der Waals surface area contributed by atoms with Gasteiger partial charge < -0.3 is 4.74 Å². The lowest BCUT2D eigenvalue weighted by Crippen LogP contribution is -2.32. The molecule has 0 fully saturated rings. The van der Waals surface area contributed by atoms with Gasteiger partial charge in [0.1, 0.15) is 5.69 Å². The number of nitro groups is 3. The number of benzene rings is 1. The van der Waals surface area contributed by atoms with E-state index in [9.17, 15) is 35.1 Å². The summed E-state index contributed by atoms with van der Waals surface area (Å²) >= 11 is 2.61. The molecule has 0 saturated heterocycles. The smallest absolute Gasteiger partial charge is 0.362 e. The number of rotatable bonds is 7. The quantitative estimate of drug-likeness (QED) is 0.175. The SMILES string of the molecule is COC(=O)C(=NNc1ccc([N+](=O)[O-])cc1[N+](=O)[O-])C(Br)[N+](=O)[O-]. The average Bonchev–Trinajstić information content (AvgIpc) is 2.53. The van der Waals surface area contributed by atoms with Crippen molar-refractivity contribution < 1.29 is 24.3 Å². The molecule has 0 aliphatic carbocycles. The third-order valence-electron chi connectivity index (χ3n) is 2.49. The van der Waals surface area contributed by atoms with Gasteiger partial charge in [0.25, 0.3) is 5.69 Å². The predicted octanol–water partition coefficient (Wildman–Crippen LogP) is 1.44. The van der Waals surface area contributed by atoms with E-state index >= 15 is 0 Å². The number of nitro benzene ring substituents is 2. The van der Waals surface area contributed by atoms with Crippen LogP contribution in [0.15, 0.2) is 23.3 Å². The number of anilines is 1. The second-order valence-corrected chi connectivity index (χ2v) is 4.80. The molecule has 1 aromatic carbocycles. The van der Waals surface area contributed by atoms with E-state index in [2.05, 4.69) is 31.2 Å². The van der Waals surface area contributed by atoms with E-state index in [1.165, 1.54) is 0 Å². The van der Waals surface area contributed by atoms with Crippen LogP contribution in [-0.4, -0.2) is 38.5 Å². The molecule has 1 unspecified atom stereocenters. The van der Waals surface area contributed by atoms with Gasteiger partial charge in [-0.25, -0.2) is 4.79 Å². The van der Waals surface area contributed by atoms with Crippen molar-refractivity contribution in [1.29, 1.82) is 0 Å². The molecule has 128 valence electrons. The summed E-state index contributed by atoms with van der Waals surface area (Å²) in [5.74, 6) is -1.15. The van der Waals surface area contributed by atoms with Crippen LogP contribution < -0.4 is 5.43 Å². The Hall–Kier alpha value is -3.16. The van der Waals surface area contributed by atoms with Crippen molar-refractivity contribution in [3.05, 3.63) is 48.5 Å². The molecule has 1 atom stereocenters. The van der Waals surface area contributed by atoms with Crippen molar-refractivity contribution >= 4 is 44.7 Å². The fourth-order valence-electron chi connectivity index (χ4n) is 1.40. The van der Waals surface area contributed by atoms with E-state index in [1.54, 1.807) is 0 Å². The summed E-state index contributed by atoms with van der Waals surface area (Å²) in [7, 11) is 0.964. The third-order valence-corrected chi connectivity index (χ3v) is 3.26. The Kier molecular flexibility index (Phi) is 6.22. The van der Waals surface area contributed by atoms with E-state index in [4.69, 9.17) is 0 Å². The van der Waals surface area contributed by atoms with E-state index in [0.717, 1.165) is 19.2 Å². The van der Waals surface area contributed by atoms with Crippen LogP contribution in [-0.2, 0) is 9.53 Å². The van der Waals surface area contributed by atoms with Gasteiger partial charge in [-0.05, 0) is 6.07 Å². The number of nitrogens with one attached hydrogen (secondary N) is 1. The molecule has 0 radical (unpaired) electrons. The number of hydrazone groups is 1. The number of ether oxygens (including phenoxy) is 1. The van der Waals surface area contributed by atoms with Crippen LogP contribution >= 0.6 is 15.9 Å². The molecule has 0 aromatic heterocycles. The summed E-state index contributed by atoms with van der Waals surface area (Å²) in [5, 5.41) is 35.8. The first kappa shape index (κ1) is 18.9. The van der Waals surface area contributed by atoms with Gasteiger partial charge in [0.2, 0.25) is 5.71 Å². The molecule has 0 bridgehead atoms. The van der Waals surface area contributed by atoms with Crippen molar-refractivity contribution in [3.8, 4) is 0 Å². The number of nitrogens with zero attached hydrogens (tertiary/aromatic N) is 4. The van der Waals surface area contributed by atoms with Gasteiger partial charge in [0.05, 0.1) is 23.0 Å².